The van der Waals surface area contributed by atoms with E-state index in [4.69, 9.17) is 0 Å². The highest BCUT2D eigenvalue weighted by Gasteiger charge is 2.17. The summed E-state index contributed by atoms with van der Waals surface area (Å²) in [5, 5.41) is 3.09. The maximum atomic E-state index is 11.3. The molecule has 0 unspecified atom stereocenters. The zero-order chi connectivity index (χ0) is 11.3. The van der Waals surface area contributed by atoms with Crippen molar-refractivity contribution in [2.24, 2.45) is 0 Å². The summed E-state index contributed by atoms with van der Waals surface area (Å²) in [6.07, 6.45) is 5.75. The van der Waals surface area contributed by atoms with Gasteiger partial charge in [-0.25, -0.2) is 0 Å². The monoisotopic (exact) mass is 204 g/mol. The van der Waals surface area contributed by atoms with Gasteiger partial charge >= 0.3 is 0 Å². The first-order valence-corrected chi connectivity index (χ1v) is 4.86. The minimum absolute atomic E-state index is 0.00322. The van der Waals surface area contributed by atoms with Crippen LogP contribution in [-0.4, -0.2) is 23.9 Å². The van der Waals surface area contributed by atoms with Gasteiger partial charge in [-0.05, 0) is 6.08 Å². The van der Waals surface area contributed by atoms with Crippen molar-refractivity contribution >= 4 is 5.91 Å². The number of nitrogens with one attached hydrogen (secondary N) is 1. The van der Waals surface area contributed by atoms with Gasteiger partial charge < -0.3 is 10.2 Å². The van der Waals surface area contributed by atoms with Gasteiger partial charge in [0.1, 0.15) is 0 Å². The summed E-state index contributed by atoms with van der Waals surface area (Å²) >= 11 is 0. The van der Waals surface area contributed by atoms with Crippen LogP contribution in [0.25, 0.3) is 0 Å². The minimum atomic E-state index is -0.00322. The van der Waals surface area contributed by atoms with Crippen molar-refractivity contribution in [3.8, 4) is 0 Å². The molecule has 0 fully saturated rings. The maximum absolute atomic E-state index is 11.3. The number of carbonyl (C=O) groups is 1. The molecule has 3 nitrogen and oxygen atoms in total. The molecule has 0 aromatic carbocycles. The van der Waals surface area contributed by atoms with Crippen LogP contribution in [0.15, 0.2) is 49.4 Å². The molecule has 3 heteroatoms. The van der Waals surface area contributed by atoms with Gasteiger partial charge in [0.05, 0.1) is 0 Å². The first-order valence-electron chi connectivity index (χ1n) is 4.86. The first-order chi connectivity index (χ1) is 7.15. The van der Waals surface area contributed by atoms with E-state index in [2.05, 4.69) is 25.1 Å². The largest absolute Gasteiger partial charge is 0.385 e. The second-order valence-corrected chi connectivity index (χ2v) is 3.34. The number of hydrogen-bond donors (Lipinski definition) is 1. The van der Waals surface area contributed by atoms with E-state index >= 15 is 0 Å². The Morgan fingerprint density at radius 2 is 2.27 bits per heavy atom. The Labute approximate surface area is 90.5 Å². The Kier molecular flexibility index (Phi) is 3.92. The fraction of sp³-hybridized carbons (Fsp3) is 0.250. The first kappa shape index (κ1) is 11.3. The standard InChI is InChI=1S/C12H16N2O/c1-4-8-13-10(2)7-9-14-11(3)5-6-12(14)15/h4-6,13H,1-3,7-9H2. The molecule has 1 aliphatic heterocycles. The maximum Gasteiger partial charge on any atom is 0.251 e. The van der Waals surface area contributed by atoms with Crippen molar-refractivity contribution in [3.63, 3.8) is 0 Å². The number of nitrogens with zero attached hydrogens (tertiary/aromatic N) is 1. The highest BCUT2D eigenvalue weighted by atomic mass is 16.2. The summed E-state index contributed by atoms with van der Waals surface area (Å²) in [7, 11) is 0. The second-order valence-electron chi connectivity index (χ2n) is 3.34. The van der Waals surface area contributed by atoms with Crippen LogP contribution in [0.1, 0.15) is 6.42 Å². The molecule has 1 N–H and O–H groups in total. The SMILES string of the molecule is C=CCNC(=C)CCN1C(=C)C=CC1=O. The van der Waals surface area contributed by atoms with Crippen LogP contribution >= 0.6 is 0 Å². The average Bonchev–Trinajstić information content (AvgIpc) is 2.53. The third-order valence-electron chi connectivity index (χ3n) is 2.16. The molecular formula is C12H16N2O. The molecule has 0 spiro atoms. The lowest BCUT2D eigenvalue weighted by atomic mass is 10.3. The third-order valence-corrected chi connectivity index (χ3v) is 2.16. The normalized spacial score (nSPS) is 14.5. The van der Waals surface area contributed by atoms with Crippen LogP contribution in [0.2, 0.25) is 0 Å². The molecule has 0 aliphatic carbocycles. The summed E-state index contributed by atoms with van der Waals surface area (Å²) in [5.74, 6) is -0.00322. The predicted octanol–water partition coefficient (Wildman–Crippen LogP) is 1.58. The van der Waals surface area contributed by atoms with E-state index < -0.39 is 0 Å². The quantitative estimate of drug-likeness (QED) is 0.666. The molecule has 1 rings (SSSR count). The summed E-state index contributed by atoms with van der Waals surface area (Å²) in [6, 6.07) is 0. The van der Waals surface area contributed by atoms with Crippen LogP contribution in [0.3, 0.4) is 0 Å². The molecule has 1 amide bonds. The fourth-order valence-electron chi connectivity index (χ4n) is 1.29. The molecule has 0 bridgehead atoms. The van der Waals surface area contributed by atoms with Gasteiger partial charge in [-0.3, -0.25) is 4.79 Å². The van der Waals surface area contributed by atoms with Gasteiger partial charge in [-0.1, -0.05) is 19.2 Å². The zero-order valence-corrected chi connectivity index (χ0v) is 8.83. The van der Waals surface area contributed by atoms with Gasteiger partial charge in [0.25, 0.3) is 5.91 Å². The van der Waals surface area contributed by atoms with E-state index in [9.17, 15) is 4.79 Å². The Morgan fingerprint density at radius 3 is 2.80 bits per heavy atom. The van der Waals surface area contributed by atoms with E-state index in [0.717, 1.165) is 17.8 Å². The highest BCUT2D eigenvalue weighted by molar-refractivity contribution is 5.92. The number of carbonyl (C=O) groups excluding carboxylic acids is 1. The lowest BCUT2D eigenvalue weighted by Crippen LogP contribution is -2.26. The fourth-order valence-corrected chi connectivity index (χ4v) is 1.29. The van der Waals surface area contributed by atoms with Crippen molar-refractivity contribution < 1.29 is 4.79 Å². The van der Waals surface area contributed by atoms with E-state index in [1.807, 2.05) is 0 Å². The van der Waals surface area contributed by atoms with E-state index in [1.165, 1.54) is 6.08 Å². The van der Waals surface area contributed by atoms with Gasteiger partial charge in [0.15, 0.2) is 0 Å². The number of allylic oxidation sites excluding steroid dienone is 1. The summed E-state index contributed by atoms with van der Waals surface area (Å²) in [4.78, 5) is 13.0. The van der Waals surface area contributed by atoms with E-state index in [-0.39, 0.29) is 5.91 Å². The number of hydrogen-bond acceptors (Lipinski definition) is 2. The van der Waals surface area contributed by atoms with Crippen LogP contribution < -0.4 is 5.32 Å². The third kappa shape index (κ3) is 3.13. The van der Waals surface area contributed by atoms with Crippen molar-refractivity contribution in [2.75, 3.05) is 13.1 Å². The van der Waals surface area contributed by atoms with Crippen LogP contribution in [-0.2, 0) is 4.79 Å². The molecule has 1 aliphatic rings. The topological polar surface area (TPSA) is 32.3 Å². The number of amides is 1. The molecular weight excluding hydrogens is 188 g/mol. The van der Waals surface area contributed by atoms with Crippen LogP contribution in [0.4, 0.5) is 0 Å². The van der Waals surface area contributed by atoms with Gasteiger partial charge in [-0.2, -0.15) is 0 Å². The van der Waals surface area contributed by atoms with Gasteiger partial charge in [0, 0.05) is 37.0 Å². The summed E-state index contributed by atoms with van der Waals surface area (Å²) in [5.41, 5.74) is 1.65. The summed E-state index contributed by atoms with van der Waals surface area (Å²) in [6.45, 7) is 12.6. The molecule has 0 radical (unpaired) electrons. The molecule has 0 saturated carbocycles. The van der Waals surface area contributed by atoms with E-state index in [1.54, 1.807) is 17.1 Å². The van der Waals surface area contributed by atoms with Crippen molar-refractivity contribution in [2.45, 2.75) is 6.42 Å². The highest BCUT2D eigenvalue weighted by Crippen LogP contribution is 2.13. The smallest absolute Gasteiger partial charge is 0.251 e. The predicted molar refractivity (Wildman–Crippen MR) is 61.9 cm³/mol. The van der Waals surface area contributed by atoms with Crippen molar-refractivity contribution in [1.29, 1.82) is 0 Å². The Balaban J connectivity index is 2.31. The second kappa shape index (κ2) is 5.20. The Hall–Kier alpha value is -1.77. The molecule has 0 atom stereocenters. The minimum Gasteiger partial charge on any atom is -0.385 e. The van der Waals surface area contributed by atoms with Crippen LogP contribution in [0.5, 0.6) is 0 Å². The van der Waals surface area contributed by atoms with E-state index in [0.29, 0.717) is 13.1 Å². The lowest BCUT2D eigenvalue weighted by Gasteiger charge is -2.18. The Bertz CT molecular complexity index is 311. The van der Waals surface area contributed by atoms with Crippen molar-refractivity contribution in [1.82, 2.24) is 10.2 Å². The summed E-state index contributed by atoms with van der Waals surface area (Å²) < 4.78 is 0. The van der Waals surface area contributed by atoms with Crippen molar-refractivity contribution in [3.05, 3.63) is 49.4 Å². The zero-order valence-electron chi connectivity index (χ0n) is 8.83. The molecule has 80 valence electrons. The van der Waals surface area contributed by atoms with Gasteiger partial charge in [-0.15, -0.1) is 6.58 Å². The van der Waals surface area contributed by atoms with Crippen LogP contribution in [0, 0.1) is 0 Å². The molecule has 0 saturated heterocycles. The number of rotatable bonds is 6. The average molecular weight is 204 g/mol. The lowest BCUT2D eigenvalue weighted by molar-refractivity contribution is -0.123. The molecule has 15 heavy (non-hydrogen) atoms. The molecule has 1 heterocycles. The molecule has 0 aromatic rings. The Morgan fingerprint density at radius 1 is 1.53 bits per heavy atom. The molecule has 0 aromatic heterocycles. The van der Waals surface area contributed by atoms with Gasteiger partial charge in [0.2, 0.25) is 0 Å².